The normalized spacial score (nSPS) is 25.8. The number of aliphatic hydroxyl groups is 3. The van der Waals surface area contributed by atoms with Gasteiger partial charge in [-0.2, -0.15) is 0 Å². The van der Waals surface area contributed by atoms with Gasteiger partial charge in [0.25, 0.3) is 5.82 Å². The number of aliphatic hydroxyl groups excluding tert-OH is 3. The molecule has 114 valence electrons. The summed E-state index contributed by atoms with van der Waals surface area (Å²) >= 11 is 0. The topological polar surface area (TPSA) is 131 Å². The van der Waals surface area contributed by atoms with Crippen molar-refractivity contribution in [2.75, 3.05) is 18.9 Å². The smallest absolute Gasteiger partial charge is 0.250 e. The molecular formula is C12H18N5O4+. The van der Waals surface area contributed by atoms with Gasteiger partial charge in [-0.15, -0.1) is 0 Å². The summed E-state index contributed by atoms with van der Waals surface area (Å²) in [5, 5.41) is 27.9. The predicted octanol–water partition coefficient (Wildman–Crippen LogP) is -2.07. The molecule has 1 aliphatic heterocycles. The maximum absolute atomic E-state index is 9.80. The molecule has 1 saturated heterocycles. The molecule has 21 heavy (non-hydrogen) atoms. The lowest BCUT2D eigenvalue weighted by atomic mass is 10.2. The lowest BCUT2D eigenvalue weighted by molar-refractivity contribution is -0.685. The van der Waals surface area contributed by atoms with Crippen molar-refractivity contribution in [2.45, 2.75) is 31.4 Å². The third-order valence-electron chi connectivity index (χ3n) is 3.67. The van der Waals surface area contributed by atoms with E-state index in [0.717, 1.165) is 0 Å². The number of anilines is 1. The van der Waals surface area contributed by atoms with Crippen LogP contribution in [0.5, 0.6) is 0 Å². The van der Waals surface area contributed by atoms with Gasteiger partial charge in [-0.05, 0) is 0 Å². The molecule has 0 radical (unpaired) electrons. The van der Waals surface area contributed by atoms with Crippen LogP contribution >= 0.6 is 0 Å². The zero-order valence-corrected chi connectivity index (χ0v) is 11.3. The Bertz CT molecular complexity index is 646. The number of fused-ring (bicyclic) bond motifs is 1. The van der Waals surface area contributed by atoms with Crippen molar-refractivity contribution < 1.29 is 24.6 Å². The van der Waals surface area contributed by atoms with Crippen molar-refractivity contribution >= 4 is 17.0 Å². The van der Waals surface area contributed by atoms with Crippen LogP contribution in [-0.4, -0.2) is 55.3 Å². The Balaban J connectivity index is 1.96. The van der Waals surface area contributed by atoms with Crippen LogP contribution in [0, 0.1) is 0 Å². The van der Waals surface area contributed by atoms with Gasteiger partial charge in [0.05, 0.1) is 25.9 Å². The van der Waals surface area contributed by atoms with Crippen LogP contribution in [0.3, 0.4) is 0 Å². The summed E-state index contributed by atoms with van der Waals surface area (Å²) in [5.41, 5.74) is 7.05. The average molecular weight is 296 g/mol. The highest BCUT2D eigenvalue weighted by Crippen LogP contribution is 2.30. The first-order valence-corrected chi connectivity index (χ1v) is 6.71. The number of nitrogens with zero attached hydrogens (tertiary/aromatic N) is 4. The summed E-state index contributed by atoms with van der Waals surface area (Å²) in [6, 6.07) is 0. The molecule has 0 bridgehead atoms. The maximum Gasteiger partial charge on any atom is 0.250 e. The lowest BCUT2D eigenvalue weighted by Gasteiger charge is -2.12. The molecule has 1 fully saturated rings. The Morgan fingerprint density at radius 2 is 2.24 bits per heavy atom. The Morgan fingerprint density at radius 1 is 1.43 bits per heavy atom. The van der Waals surface area contributed by atoms with Gasteiger partial charge in [0.15, 0.2) is 5.52 Å². The van der Waals surface area contributed by atoms with Gasteiger partial charge >= 0.3 is 0 Å². The first-order valence-electron chi connectivity index (χ1n) is 6.71. The second kappa shape index (κ2) is 5.53. The fourth-order valence-electron chi connectivity index (χ4n) is 2.53. The zero-order valence-electron chi connectivity index (χ0n) is 11.3. The molecule has 3 heterocycles. The van der Waals surface area contributed by atoms with E-state index in [1.54, 1.807) is 15.5 Å². The van der Waals surface area contributed by atoms with E-state index >= 15 is 0 Å². The van der Waals surface area contributed by atoms with Crippen LogP contribution in [-0.2, 0) is 11.3 Å². The number of imidazole rings is 1. The molecule has 0 aromatic carbocycles. The summed E-state index contributed by atoms with van der Waals surface area (Å²) in [7, 11) is 0. The Hall–Kier alpha value is -1.81. The standard InChI is InChI=1S/C12H17N5O4/c13-11-10-12(15-5-16(11)1-2-18)17(6-14-10)9-3-7(20)8(4-19)21-9/h5-9,13,18-20H,1-4H2/p+1/t7-,8-,9-/m1/s1. The monoisotopic (exact) mass is 296 g/mol. The third kappa shape index (κ3) is 2.33. The van der Waals surface area contributed by atoms with Crippen molar-refractivity contribution in [3.8, 4) is 0 Å². The summed E-state index contributed by atoms with van der Waals surface area (Å²) in [5.74, 6) is 0.407. The van der Waals surface area contributed by atoms with Crippen LogP contribution in [0.1, 0.15) is 12.6 Å². The second-order valence-electron chi connectivity index (χ2n) is 4.99. The summed E-state index contributed by atoms with van der Waals surface area (Å²) in [6.07, 6.45) is 1.66. The molecule has 1 aliphatic rings. The highest BCUT2D eigenvalue weighted by Gasteiger charge is 2.36. The van der Waals surface area contributed by atoms with E-state index in [2.05, 4.69) is 9.97 Å². The van der Waals surface area contributed by atoms with Crippen LogP contribution < -0.4 is 10.3 Å². The quantitative estimate of drug-likeness (QED) is 0.477. The highest BCUT2D eigenvalue weighted by atomic mass is 16.5. The Labute approximate surface area is 120 Å². The molecule has 9 heteroatoms. The van der Waals surface area contributed by atoms with Gasteiger partial charge in [0.2, 0.25) is 12.0 Å². The number of ether oxygens (including phenoxy) is 1. The van der Waals surface area contributed by atoms with Gasteiger partial charge in [-0.1, -0.05) is 4.98 Å². The molecule has 3 rings (SSSR count). The van der Waals surface area contributed by atoms with E-state index in [-0.39, 0.29) is 13.2 Å². The lowest BCUT2D eigenvalue weighted by Crippen LogP contribution is -2.39. The molecule has 0 aliphatic carbocycles. The molecule has 2 aromatic rings. The molecule has 5 N–H and O–H groups in total. The molecule has 0 amide bonds. The largest absolute Gasteiger partial charge is 0.394 e. The number of nitrogens with two attached hydrogens (primary N) is 1. The van der Waals surface area contributed by atoms with Crippen molar-refractivity contribution in [1.82, 2.24) is 14.5 Å². The van der Waals surface area contributed by atoms with Crippen LogP contribution in [0.4, 0.5) is 5.82 Å². The molecule has 0 unspecified atom stereocenters. The fourth-order valence-corrected chi connectivity index (χ4v) is 2.53. The Morgan fingerprint density at radius 3 is 2.90 bits per heavy atom. The fraction of sp³-hybridized carbons (Fsp3) is 0.583. The van der Waals surface area contributed by atoms with E-state index in [4.69, 9.17) is 20.7 Å². The molecule has 2 aromatic heterocycles. The maximum atomic E-state index is 9.80. The Kier molecular flexibility index (Phi) is 3.72. The van der Waals surface area contributed by atoms with Gasteiger partial charge in [0.1, 0.15) is 18.7 Å². The van der Waals surface area contributed by atoms with E-state index < -0.39 is 18.4 Å². The second-order valence-corrected chi connectivity index (χ2v) is 4.99. The van der Waals surface area contributed by atoms with Gasteiger partial charge in [0, 0.05) is 6.42 Å². The van der Waals surface area contributed by atoms with Gasteiger partial charge < -0.3 is 25.8 Å². The number of rotatable bonds is 4. The van der Waals surface area contributed by atoms with Crippen molar-refractivity contribution in [3.05, 3.63) is 12.7 Å². The highest BCUT2D eigenvalue weighted by molar-refractivity contribution is 5.79. The van der Waals surface area contributed by atoms with Crippen LogP contribution in [0.25, 0.3) is 11.2 Å². The number of aromatic nitrogens is 4. The summed E-state index contributed by atoms with van der Waals surface area (Å²) < 4.78 is 8.89. The zero-order chi connectivity index (χ0) is 15.0. The van der Waals surface area contributed by atoms with Crippen molar-refractivity contribution in [2.24, 2.45) is 0 Å². The minimum Gasteiger partial charge on any atom is -0.394 e. The number of hydrogen-bond donors (Lipinski definition) is 4. The molecule has 3 atom stereocenters. The number of hydrogen-bond acceptors (Lipinski definition) is 7. The van der Waals surface area contributed by atoms with Crippen molar-refractivity contribution in [1.29, 1.82) is 0 Å². The minimum absolute atomic E-state index is 0.0428. The van der Waals surface area contributed by atoms with Crippen molar-refractivity contribution in [3.63, 3.8) is 0 Å². The van der Waals surface area contributed by atoms with E-state index in [1.165, 1.54) is 6.33 Å². The minimum atomic E-state index is -0.724. The predicted molar refractivity (Wildman–Crippen MR) is 70.8 cm³/mol. The van der Waals surface area contributed by atoms with E-state index in [9.17, 15) is 5.11 Å². The van der Waals surface area contributed by atoms with Crippen LogP contribution in [0.2, 0.25) is 0 Å². The third-order valence-corrected chi connectivity index (χ3v) is 3.67. The van der Waals surface area contributed by atoms with E-state index in [1.807, 2.05) is 0 Å². The first-order chi connectivity index (χ1) is 10.2. The average Bonchev–Trinajstić information content (AvgIpc) is 3.05. The number of nitrogen functional groups attached to an aromatic ring is 1. The summed E-state index contributed by atoms with van der Waals surface area (Å²) in [4.78, 5) is 8.52. The molecule has 0 spiro atoms. The van der Waals surface area contributed by atoms with Crippen LogP contribution in [0.15, 0.2) is 12.7 Å². The summed E-state index contributed by atoms with van der Waals surface area (Å²) in [6.45, 7) is 0.0576. The van der Waals surface area contributed by atoms with Gasteiger partial charge in [-0.3, -0.25) is 4.57 Å². The molecule has 0 saturated carbocycles. The first kappa shape index (κ1) is 14.1. The van der Waals surface area contributed by atoms with Gasteiger partial charge in [-0.25, -0.2) is 9.55 Å². The van der Waals surface area contributed by atoms with E-state index in [0.29, 0.717) is 29.9 Å². The SMILES string of the molecule is Nc1c2ncn([C@H]3C[C@@H](O)[C@@H](CO)O3)c2nc[n+]1CCO. The molecular weight excluding hydrogens is 278 g/mol. The molecule has 9 nitrogen and oxygen atoms in total.